The van der Waals surface area contributed by atoms with Crippen molar-refractivity contribution in [3.05, 3.63) is 53.9 Å². The number of nitrogens with zero attached hydrogens (tertiary/aromatic N) is 3. The molecule has 0 atom stereocenters. The minimum absolute atomic E-state index is 0.00482. The van der Waals surface area contributed by atoms with E-state index in [0.29, 0.717) is 0 Å². The number of nitrogens with one attached hydrogen (secondary N) is 1. The first kappa shape index (κ1) is 18.4. The molecule has 2 N–H and O–H groups in total. The minimum atomic E-state index is -1.19. The van der Waals surface area contributed by atoms with Crippen LogP contribution in [0.15, 0.2) is 42.6 Å². The summed E-state index contributed by atoms with van der Waals surface area (Å²) in [5.74, 6) is -0.772. The van der Waals surface area contributed by atoms with Crippen LogP contribution in [-0.4, -0.2) is 38.1 Å². The van der Waals surface area contributed by atoms with Crippen LogP contribution in [0.4, 0.5) is 0 Å². The molecule has 1 amide bonds. The Labute approximate surface area is 155 Å². The first-order valence-corrected chi connectivity index (χ1v) is 8.51. The van der Waals surface area contributed by atoms with Gasteiger partial charge in [-0.25, -0.2) is 9.48 Å². The number of carboxylic acid groups (broad SMARTS) is 1. The highest BCUT2D eigenvalue weighted by Gasteiger charge is 2.13. The van der Waals surface area contributed by atoms with Crippen LogP contribution in [0.5, 0.6) is 5.75 Å². The molecule has 0 radical (unpaired) electrons. The molecule has 2 aromatic carbocycles. The highest BCUT2D eigenvalue weighted by Crippen LogP contribution is 2.28. The van der Waals surface area contributed by atoms with Crippen molar-refractivity contribution in [2.24, 2.45) is 0 Å². The van der Waals surface area contributed by atoms with Crippen molar-refractivity contribution in [1.29, 1.82) is 0 Å². The molecule has 27 heavy (non-hydrogen) atoms. The molecule has 0 saturated heterocycles. The van der Waals surface area contributed by atoms with E-state index in [2.05, 4.69) is 15.6 Å². The second-order valence-electron chi connectivity index (χ2n) is 6.31. The van der Waals surface area contributed by atoms with Gasteiger partial charge in [-0.1, -0.05) is 35.5 Å². The second-order valence-corrected chi connectivity index (χ2v) is 6.31. The molecule has 1 aromatic heterocycles. The van der Waals surface area contributed by atoms with Gasteiger partial charge in [0, 0.05) is 12.1 Å². The van der Waals surface area contributed by atoms with Crippen LogP contribution in [0.25, 0.3) is 10.8 Å². The summed E-state index contributed by atoms with van der Waals surface area (Å²) in [5.41, 5.74) is 0.685. The van der Waals surface area contributed by atoms with E-state index in [-0.39, 0.29) is 30.8 Å². The molecule has 3 rings (SSSR count). The number of aromatic nitrogens is 3. The van der Waals surface area contributed by atoms with Gasteiger partial charge >= 0.3 is 5.97 Å². The molecule has 8 nitrogen and oxygen atoms in total. The Hall–Kier alpha value is -3.42. The molecule has 3 aromatic rings. The first-order chi connectivity index (χ1) is 12.9. The number of ether oxygens (including phenoxy) is 1. The smallest absolute Gasteiger partial charge is 0.358 e. The Morgan fingerprint density at radius 2 is 2.00 bits per heavy atom. The van der Waals surface area contributed by atoms with Gasteiger partial charge in [0.15, 0.2) is 5.69 Å². The van der Waals surface area contributed by atoms with Crippen LogP contribution in [0, 0.1) is 0 Å². The van der Waals surface area contributed by atoms with Crippen molar-refractivity contribution in [1.82, 2.24) is 20.3 Å². The predicted octanol–water partition coefficient (Wildman–Crippen LogP) is 2.23. The maximum atomic E-state index is 12.2. The lowest BCUT2D eigenvalue weighted by atomic mass is 10.0. The molecule has 1 heterocycles. The third-order valence-corrected chi connectivity index (χ3v) is 3.89. The summed E-state index contributed by atoms with van der Waals surface area (Å²) in [6.45, 7) is 4.05. The van der Waals surface area contributed by atoms with Gasteiger partial charge in [0.2, 0.25) is 5.91 Å². The normalized spacial score (nSPS) is 10.9. The summed E-state index contributed by atoms with van der Waals surface area (Å²) in [6, 6.07) is 11.8. The van der Waals surface area contributed by atoms with E-state index in [9.17, 15) is 9.59 Å². The summed E-state index contributed by atoms with van der Waals surface area (Å²) in [4.78, 5) is 23.1. The number of hydrogen-bond donors (Lipinski definition) is 2. The number of carboxylic acids is 1. The molecule has 0 aliphatic carbocycles. The van der Waals surface area contributed by atoms with Gasteiger partial charge in [-0.15, -0.1) is 5.10 Å². The molecule has 140 valence electrons. The molecule has 0 aliphatic rings. The lowest BCUT2D eigenvalue weighted by molar-refractivity contribution is -0.122. The average molecular weight is 368 g/mol. The lowest BCUT2D eigenvalue weighted by Crippen LogP contribution is -2.27. The maximum absolute atomic E-state index is 12.2. The van der Waals surface area contributed by atoms with Crippen molar-refractivity contribution in [3.63, 3.8) is 0 Å². The van der Waals surface area contributed by atoms with Gasteiger partial charge in [-0.05, 0) is 30.7 Å². The lowest BCUT2D eigenvalue weighted by Gasteiger charge is -2.17. The number of rotatable bonds is 7. The highest BCUT2D eigenvalue weighted by molar-refractivity contribution is 5.88. The van der Waals surface area contributed by atoms with Crippen LogP contribution in [0.2, 0.25) is 0 Å². The monoisotopic (exact) mass is 368 g/mol. The van der Waals surface area contributed by atoms with E-state index in [1.807, 2.05) is 50.2 Å². The fraction of sp³-hybridized carbons (Fsp3) is 0.263. The maximum Gasteiger partial charge on any atom is 0.358 e. The number of hydrogen-bond acceptors (Lipinski definition) is 5. The van der Waals surface area contributed by atoms with Crippen molar-refractivity contribution in [2.45, 2.75) is 33.0 Å². The molecule has 0 saturated carbocycles. The van der Waals surface area contributed by atoms with E-state index in [1.165, 1.54) is 10.9 Å². The van der Waals surface area contributed by atoms with Crippen LogP contribution in [0.1, 0.15) is 29.9 Å². The topological polar surface area (TPSA) is 106 Å². The van der Waals surface area contributed by atoms with Crippen molar-refractivity contribution >= 4 is 22.6 Å². The Morgan fingerprint density at radius 1 is 1.22 bits per heavy atom. The largest absolute Gasteiger partial charge is 0.491 e. The molecular weight excluding hydrogens is 348 g/mol. The Morgan fingerprint density at radius 3 is 2.70 bits per heavy atom. The number of aromatic carboxylic acids is 1. The molecule has 0 fully saturated rings. The Kier molecular flexibility index (Phi) is 5.35. The molecule has 8 heteroatoms. The van der Waals surface area contributed by atoms with Crippen molar-refractivity contribution in [2.75, 3.05) is 0 Å². The summed E-state index contributed by atoms with van der Waals surface area (Å²) in [6.07, 6.45) is 1.22. The fourth-order valence-electron chi connectivity index (χ4n) is 2.73. The van der Waals surface area contributed by atoms with Crippen LogP contribution in [-0.2, 0) is 17.9 Å². The summed E-state index contributed by atoms with van der Waals surface area (Å²) in [5, 5.41) is 20.9. The van der Waals surface area contributed by atoms with E-state index in [0.717, 1.165) is 22.1 Å². The van der Waals surface area contributed by atoms with Gasteiger partial charge in [0.25, 0.3) is 0 Å². The van der Waals surface area contributed by atoms with Gasteiger partial charge in [-0.2, -0.15) is 0 Å². The summed E-state index contributed by atoms with van der Waals surface area (Å²) < 4.78 is 7.08. The SMILES string of the molecule is CC(C)Oc1ccc2ccccc2c1CNC(=O)Cn1cc(C(=O)O)nn1. The zero-order valence-electron chi connectivity index (χ0n) is 15.0. The number of amides is 1. The summed E-state index contributed by atoms with van der Waals surface area (Å²) >= 11 is 0. The van der Waals surface area contributed by atoms with Gasteiger partial charge in [0.1, 0.15) is 12.3 Å². The molecule has 0 spiro atoms. The zero-order valence-corrected chi connectivity index (χ0v) is 15.0. The van der Waals surface area contributed by atoms with Crippen LogP contribution < -0.4 is 10.1 Å². The third-order valence-electron chi connectivity index (χ3n) is 3.89. The third kappa shape index (κ3) is 4.41. The van der Waals surface area contributed by atoms with Crippen molar-refractivity contribution < 1.29 is 19.4 Å². The van der Waals surface area contributed by atoms with E-state index in [1.54, 1.807) is 0 Å². The van der Waals surface area contributed by atoms with E-state index < -0.39 is 5.97 Å². The van der Waals surface area contributed by atoms with Gasteiger partial charge in [-0.3, -0.25) is 4.79 Å². The Balaban J connectivity index is 1.76. The minimum Gasteiger partial charge on any atom is -0.491 e. The number of benzene rings is 2. The average Bonchev–Trinajstić information content (AvgIpc) is 3.09. The van der Waals surface area contributed by atoms with Crippen molar-refractivity contribution in [3.8, 4) is 5.75 Å². The quantitative estimate of drug-likeness (QED) is 0.662. The number of carbonyl (C=O) groups excluding carboxylic acids is 1. The highest BCUT2D eigenvalue weighted by atomic mass is 16.5. The van der Waals surface area contributed by atoms with E-state index in [4.69, 9.17) is 9.84 Å². The molecular formula is C19H20N4O4. The second kappa shape index (κ2) is 7.86. The standard InChI is InChI=1S/C19H20N4O4/c1-12(2)27-17-8-7-13-5-3-4-6-14(13)15(17)9-20-18(24)11-23-10-16(19(25)26)21-22-23/h3-8,10,12H,9,11H2,1-2H3,(H,20,24)(H,25,26). The fourth-order valence-corrected chi connectivity index (χ4v) is 2.73. The number of carbonyl (C=O) groups is 2. The molecule has 0 bridgehead atoms. The van der Waals surface area contributed by atoms with Gasteiger partial charge in [0.05, 0.1) is 12.3 Å². The molecule has 0 unspecified atom stereocenters. The van der Waals surface area contributed by atoms with Crippen LogP contribution in [0.3, 0.4) is 0 Å². The number of fused-ring (bicyclic) bond motifs is 1. The predicted molar refractivity (Wildman–Crippen MR) is 98.5 cm³/mol. The van der Waals surface area contributed by atoms with Crippen LogP contribution >= 0.6 is 0 Å². The first-order valence-electron chi connectivity index (χ1n) is 8.51. The van der Waals surface area contributed by atoms with Gasteiger partial charge < -0.3 is 15.2 Å². The zero-order chi connectivity index (χ0) is 19.4. The van der Waals surface area contributed by atoms with E-state index >= 15 is 0 Å². The summed E-state index contributed by atoms with van der Waals surface area (Å²) in [7, 11) is 0. The Bertz CT molecular complexity index is 981. The molecule has 0 aliphatic heterocycles.